The topological polar surface area (TPSA) is 82.8 Å². The van der Waals surface area contributed by atoms with Gasteiger partial charge in [0.1, 0.15) is 22.8 Å². The van der Waals surface area contributed by atoms with Gasteiger partial charge in [0, 0.05) is 22.9 Å². The lowest BCUT2D eigenvalue weighted by Crippen LogP contribution is -2.12. The summed E-state index contributed by atoms with van der Waals surface area (Å²) in [5.41, 5.74) is 3.07. The van der Waals surface area contributed by atoms with Crippen LogP contribution in [0.15, 0.2) is 65.1 Å². The summed E-state index contributed by atoms with van der Waals surface area (Å²) in [6.07, 6.45) is 0. The van der Waals surface area contributed by atoms with E-state index in [0.717, 1.165) is 11.3 Å². The summed E-state index contributed by atoms with van der Waals surface area (Å²) in [7, 11) is 4.68. The molecule has 4 aromatic rings. The Labute approximate surface area is 173 Å². The highest BCUT2D eigenvalue weighted by Crippen LogP contribution is 2.29. The Bertz CT molecular complexity index is 1190. The minimum absolute atomic E-state index is 0.289. The molecule has 4 rings (SSSR count). The molecule has 0 radical (unpaired) electrons. The van der Waals surface area contributed by atoms with Crippen LogP contribution < -0.4 is 19.5 Å². The molecule has 152 valence electrons. The molecule has 1 heterocycles. The minimum Gasteiger partial charge on any atom is -0.497 e. The fraction of sp³-hybridized carbons (Fsp3) is 0.130. The van der Waals surface area contributed by atoms with E-state index in [1.54, 1.807) is 43.5 Å². The van der Waals surface area contributed by atoms with Crippen LogP contribution in [0.1, 0.15) is 10.4 Å². The lowest BCUT2D eigenvalue weighted by atomic mass is 10.1. The maximum absolute atomic E-state index is 12.7. The van der Waals surface area contributed by atoms with Crippen LogP contribution in [0.3, 0.4) is 0 Å². The third-order valence-electron chi connectivity index (χ3n) is 4.58. The van der Waals surface area contributed by atoms with Crippen molar-refractivity contribution in [2.24, 2.45) is 0 Å². The number of hydrogen-bond donors (Lipinski definition) is 1. The highest BCUT2D eigenvalue weighted by molar-refractivity contribution is 6.05. The average Bonchev–Trinajstić information content (AvgIpc) is 3.22. The van der Waals surface area contributed by atoms with Gasteiger partial charge in [-0.2, -0.15) is 0 Å². The second-order valence-corrected chi connectivity index (χ2v) is 6.49. The Morgan fingerprint density at radius 2 is 1.60 bits per heavy atom. The number of anilines is 1. The Hall–Kier alpha value is -4.00. The van der Waals surface area contributed by atoms with Crippen LogP contribution in [0.4, 0.5) is 5.69 Å². The number of methoxy groups -OCH3 is 3. The van der Waals surface area contributed by atoms with Crippen molar-refractivity contribution in [3.63, 3.8) is 0 Å². The van der Waals surface area contributed by atoms with E-state index in [1.807, 2.05) is 24.3 Å². The zero-order chi connectivity index (χ0) is 21.1. The van der Waals surface area contributed by atoms with Gasteiger partial charge in [0.2, 0.25) is 5.89 Å². The number of nitrogens with one attached hydrogen (secondary N) is 1. The molecule has 0 atom stereocenters. The van der Waals surface area contributed by atoms with Crippen LogP contribution >= 0.6 is 0 Å². The summed E-state index contributed by atoms with van der Waals surface area (Å²) in [5.74, 6) is 1.98. The number of carbonyl (C=O) groups excluding carboxylic acids is 1. The van der Waals surface area contributed by atoms with Gasteiger partial charge in [0.15, 0.2) is 5.58 Å². The van der Waals surface area contributed by atoms with Gasteiger partial charge in [-0.05, 0) is 48.5 Å². The molecule has 7 nitrogen and oxygen atoms in total. The molecule has 3 aromatic carbocycles. The van der Waals surface area contributed by atoms with E-state index in [1.165, 1.54) is 14.2 Å². The molecule has 0 spiro atoms. The van der Waals surface area contributed by atoms with Crippen LogP contribution in [-0.4, -0.2) is 32.2 Å². The molecule has 7 heteroatoms. The predicted molar refractivity (Wildman–Crippen MR) is 113 cm³/mol. The molecule has 1 aromatic heterocycles. The van der Waals surface area contributed by atoms with Gasteiger partial charge in [0.25, 0.3) is 5.91 Å². The quantitative estimate of drug-likeness (QED) is 0.498. The summed E-state index contributed by atoms with van der Waals surface area (Å²) in [4.78, 5) is 17.2. The largest absolute Gasteiger partial charge is 0.497 e. The Morgan fingerprint density at radius 1 is 0.867 bits per heavy atom. The third-order valence-corrected chi connectivity index (χ3v) is 4.58. The van der Waals surface area contributed by atoms with Crippen LogP contribution in [0, 0.1) is 0 Å². The van der Waals surface area contributed by atoms with Gasteiger partial charge in [-0.3, -0.25) is 4.79 Å². The van der Waals surface area contributed by atoms with Gasteiger partial charge >= 0.3 is 0 Å². The molecule has 0 unspecified atom stereocenters. The summed E-state index contributed by atoms with van der Waals surface area (Å²) in [5, 5.41) is 2.87. The summed E-state index contributed by atoms with van der Waals surface area (Å²) in [6, 6.07) is 17.8. The smallest absolute Gasteiger partial charge is 0.255 e. The standard InChI is InChI=1S/C23H20N2O5/c1-27-17-6-4-5-14(9-17)23-25-20-12-16(7-8-21(20)30-23)24-22(26)15-10-18(28-2)13-19(11-15)29-3/h4-13H,1-3H3,(H,24,26). The Morgan fingerprint density at radius 3 is 2.30 bits per heavy atom. The molecule has 0 saturated carbocycles. The van der Waals surface area contributed by atoms with E-state index in [2.05, 4.69) is 10.3 Å². The monoisotopic (exact) mass is 404 g/mol. The number of ether oxygens (including phenoxy) is 3. The van der Waals surface area contributed by atoms with Crippen molar-refractivity contribution < 1.29 is 23.4 Å². The molecule has 1 amide bonds. The first kappa shape index (κ1) is 19.3. The number of rotatable bonds is 6. The fourth-order valence-corrected chi connectivity index (χ4v) is 3.03. The Kier molecular flexibility index (Phi) is 5.26. The van der Waals surface area contributed by atoms with Crippen molar-refractivity contribution in [3.05, 3.63) is 66.2 Å². The molecule has 0 aliphatic heterocycles. The number of amides is 1. The van der Waals surface area contributed by atoms with Crippen molar-refractivity contribution >= 4 is 22.7 Å². The number of carbonyl (C=O) groups is 1. The van der Waals surface area contributed by atoms with Crippen molar-refractivity contribution in [1.82, 2.24) is 4.98 Å². The molecule has 30 heavy (non-hydrogen) atoms. The molecule has 0 saturated heterocycles. The molecule has 0 fully saturated rings. The number of nitrogens with zero attached hydrogens (tertiary/aromatic N) is 1. The van der Waals surface area contributed by atoms with E-state index >= 15 is 0 Å². The molecule has 0 bridgehead atoms. The second kappa shape index (κ2) is 8.16. The molecule has 1 N–H and O–H groups in total. The normalized spacial score (nSPS) is 10.6. The van der Waals surface area contributed by atoms with Crippen LogP contribution in [0.5, 0.6) is 17.2 Å². The number of fused-ring (bicyclic) bond motifs is 1. The summed E-state index contributed by atoms with van der Waals surface area (Å²) in [6.45, 7) is 0. The highest BCUT2D eigenvalue weighted by atomic mass is 16.5. The summed E-state index contributed by atoms with van der Waals surface area (Å²) < 4.78 is 21.6. The maximum atomic E-state index is 12.7. The number of aromatic nitrogens is 1. The predicted octanol–water partition coefficient (Wildman–Crippen LogP) is 4.77. The van der Waals surface area contributed by atoms with E-state index in [4.69, 9.17) is 18.6 Å². The van der Waals surface area contributed by atoms with Gasteiger partial charge in [-0.25, -0.2) is 4.98 Å². The minimum atomic E-state index is -0.289. The van der Waals surface area contributed by atoms with Crippen LogP contribution in [0.25, 0.3) is 22.6 Å². The van der Waals surface area contributed by atoms with Gasteiger partial charge < -0.3 is 23.9 Å². The third kappa shape index (κ3) is 3.91. The molecule has 0 aliphatic carbocycles. The maximum Gasteiger partial charge on any atom is 0.255 e. The SMILES string of the molecule is COc1cc(OC)cc(C(=O)Nc2ccc3oc(-c4cccc(OC)c4)nc3c2)c1. The lowest BCUT2D eigenvalue weighted by Gasteiger charge is -2.09. The van der Waals surface area contributed by atoms with Crippen molar-refractivity contribution in [2.45, 2.75) is 0 Å². The first-order valence-corrected chi connectivity index (χ1v) is 9.19. The van der Waals surface area contributed by atoms with Crippen molar-refractivity contribution in [2.75, 3.05) is 26.6 Å². The van der Waals surface area contributed by atoms with E-state index in [9.17, 15) is 4.79 Å². The lowest BCUT2D eigenvalue weighted by molar-refractivity contribution is 0.102. The number of oxazole rings is 1. The number of benzene rings is 3. The zero-order valence-electron chi connectivity index (χ0n) is 16.8. The van der Waals surface area contributed by atoms with E-state index in [-0.39, 0.29) is 5.91 Å². The van der Waals surface area contributed by atoms with Gasteiger partial charge in [-0.1, -0.05) is 6.07 Å². The fourth-order valence-electron chi connectivity index (χ4n) is 3.03. The number of hydrogen-bond acceptors (Lipinski definition) is 6. The van der Waals surface area contributed by atoms with Gasteiger partial charge in [0.05, 0.1) is 21.3 Å². The highest BCUT2D eigenvalue weighted by Gasteiger charge is 2.13. The summed E-state index contributed by atoms with van der Waals surface area (Å²) >= 11 is 0. The first-order chi connectivity index (χ1) is 14.6. The van der Waals surface area contributed by atoms with E-state index in [0.29, 0.717) is 39.7 Å². The van der Waals surface area contributed by atoms with Crippen LogP contribution in [-0.2, 0) is 0 Å². The van der Waals surface area contributed by atoms with Crippen molar-refractivity contribution in [3.8, 4) is 28.7 Å². The van der Waals surface area contributed by atoms with Crippen LogP contribution in [0.2, 0.25) is 0 Å². The molecule has 0 aliphatic rings. The van der Waals surface area contributed by atoms with Gasteiger partial charge in [-0.15, -0.1) is 0 Å². The Balaban J connectivity index is 1.60. The average molecular weight is 404 g/mol. The molecular formula is C23H20N2O5. The second-order valence-electron chi connectivity index (χ2n) is 6.49. The molecular weight excluding hydrogens is 384 g/mol. The van der Waals surface area contributed by atoms with E-state index < -0.39 is 0 Å². The zero-order valence-corrected chi connectivity index (χ0v) is 16.8. The first-order valence-electron chi connectivity index (χ1n) is 9.19. The van der Waals surface area contributed by atoms with Crippen molar-refractivity contribution in [1.29, 1.82) is 0 Å².